The van der Waals surface area contributed by atoms with E-state index in [1.54, 1.807) is 6.08 Å². The Hall–Kier alpha value is -2.90. The zero-order chi connectivity index (χ0) is 44.5. The van der Waals surface area contributed by atoms with Gasteiger partial charge in [0.1, 0.15) is 12.6 Å². The normalized spacial score (nSPS) is 15.3. The van der Waals surface area contributed by atoms with Crippen LogP contribution < -0.4 is 5.73 Å². The van der Waals surface area contributed by atoms with E-state index in [1.807, 2.05) is 12.2 Å². The molecule has 60 heavy (non-hydrogen) atoms. The van der Waals surface area contributed by atoms with Crippen molar-refractivity contribution in [3.63, 3.8) is 0 Å². The van der Waals surface area contributed by atoms with Crippen LogP contribution in [0.4, 0.5) is 0 Å². The number of allylic oxidation sites excluding steroid dienone is 9. The van der Waals surface area contributed by atoms with Crippen LogP contribution in [0.3, 0.4) is 0 Å². The third kappa shape index (κ3) is 38.1. The van der Waals surface area contributed by atoms with Crippen LogP contribution in [0.15, 0.2) is 60.8 Å². The SMILES string of the molecule is CC/C=C\C/C=C\C/C=C\C/C=C\C[C@H](O)[C@@H](O)CCCC(=O)OC[C@H](COP(=O)(O)OC[C@H](N)C(=O)O)OC(=O)CCCCCCCCC/C=C\CCCCCCCC. The molecule has 0 aliphatic rings. The van der Waals surface area contributed by atoms with Crippen LogP contribution in [0.2, 0.25) is 0 Å². The molecule has 5 atom stereocenters. The number of unbranched alkanes of at least 4 members (excludes halogenated alkanes) is 13. The summed E-state index contributed by atoms with van der Waals surface area (Å²) in [6.45, 7) is 2.38. The number of aliphatic carboxylic acids is 1. The minimum atomic E-state index is -4.79. The molecule has 0 spiro atoms. The molecule has 14 heteroatoms. The number of hydrogen-bond donors (Lipinski definition) is 5. The van der Waals surface area contributed by atoms with Crippen molar-refractivity contribution in [3.8, 4) is 0 Å². The van der Waals surface area contributed by atoms with E-state index in [-0.39, 0.29) is 32.1 Å². The van der Waals surface area contributed by atoms with Gasteiger partial charge in [0.15, 0.2) is 6.10 Å². The van der Waals surface area contributed by atoms with Gasteiger partial charge in [0, 0.05) is 12.8 Å². The first-order valence-electron chi connectivity index (χ1n) is 22.5. The first-order valence-corrected chi connectivity index (χ1v) is 24.0. The lowest BCUT2D eigenvalue weighted by Gasteiger charge is -2.20. The first kappa shape index (κ1) is 57.1. The van der Waals surface area contributed by atoms with Crippen molar-refractivity contribution in [2.75, 3.05) is 19.8 Å². The Morgan fingerprint density at radius 3 is 1.67 bits per heavy atom. The van der Waals surface area contributed by atoms with Crippen molar-refractivity contribution in [1.82, 2.24) is 0 Å². The second-order valence-electron chi connectivity index (χ2n) is 15.1. The Morgan fingerprint density at radius 2 is 1.10 bits per heavy atom. The number of carbonyl (C=O) groups excluding carboxylic acids is 2. The Balaban J connectivity index is 4.59. The van der Waals surface area contributed by atoms with Gasteiger partial charge >= 0.3 is 25.7 Å². The highest BCUT2D eigenvalue weighted by Gasteiger charge is 2.28. The molecule has 0 aliphatic carbocycles. The average Bonchev–Trinajstić information content (AvgIpc) is 3.22. The molecule has 0 radical (unpaired) electrons. The number of nitrogens with two attached hydrogens (primary N) is 1. The van der Waals surface area contributed by atoms with Crippen molar-refractivity contribution >= 4 is 25.7 Å². The summed E-state index contributed by atoms with van der Waals surface area (Å²) in [6.07, 6.45) is 38.9. The number of carboxylic acid groups (broad SMARTS) is 1. The van der Waals surface area contributed by atoms with E-state index in [4.69, 9.17) is 24.8 Å². The quantitative estimate of drug-likeness (QED) is 0.0168. The Labute approximate surface area is 361 Å². The largest absolute Gasteiger partial charge is 0.480 e. The number of rotatable bonds is 41. The average molecular weight is 870 g/mol. The van der Waals surface area contributed by atoms with Crippen LogP contribution in [0.5, 0.6) is 0 Å². The van der Waals surface area contributed by atoms with Crippen LogP contribution in [0.1, 0.15) is 168 Å². The highest BCUT2D eigenvalue weighted by atomic mass is 31.2. The minimum absolute atomic E-state index is 0.0930. The predicted molar refractivity (Wildman–Crippen MR) is 238 cm³/mol. The Kier molecular flexibility index (Phi) is 38.2. The minimum Gasteiger partial charge on any atom is -0.480 e. The summed E-state index contributed by atoms with van der Waals surface area (Å²) in [5.74, 6) is -2.71. The molecule has 346 valence electrons. The lowest BCUT2D eigenvalue weighted by Crippen LogP contribution is -2.34. The van der Waals surface area contributed by atoms with Gasteiger partial charge in [-0.3, -0.25) is 23.4 Å². The van der Waals surface area contributed by atoms with Gasteiger partial charge in [-0.15, -0.1) is 0 Å². The number of hydrogen-bond acceptors (Lipinski definition) is 11. The van der Waals surface area contributed by atoms with Crippen LogP contribution in [0, 0.1) is 0 Å². The first-order chi connectivity index (χ1) is 28.9. The maximum absolute atomic E-state index is 12.7. The summed E-state index contributed by atoms with van der Waals surface area (Å²) in [7, 11) is -4.79. The molecule has 0 saturated heterocycles. The van der Waals surface area contributed by atoms with Gasteiger partial charge in [-0.05, 0) is 77.0 Å². The van der Waals surface area contributed by atoms with Gasteiger partial charge in [-0.2, -0.15) is 0 Å². The van der Waals surface area contributed by atoms with Crippen LogP contribution in [0.25, 0.3) is 0 Å². The van der Waals surface area contributed by atoms with Gasteiger partial charge in [0.25, 0.3) is 0 Å². The van der Waals surface area contributed by atoms with E-state index in [9.17, 15) is 34.1 Å². The number of phosphoric acid groups is 1. The fourth-order valence-corrected chi connectivity index (χ4v) is 6.57. The fraction of sp³-hybridized carbons (Fsp3) is 0.717. The smallest absolute Gasteiger partial charge is 0.472 e. The third-order valence-corrected chi connectivity index (χ3v) is 10.4. The van der Waals surface area contributed by atoms with Gasteiger partial charge < -0.3 is 35.4 Å². The Bertz CT molecular complexity index is 1280. The monoisotopic (exact) mass is 870 g/mol. The zero-order valence-corrected chi connectivity index (χ0v) is 37.6. The van der Waals surface area contributed by atoms with Crippen molar-refractivity contribution < 1.29 is 57.7 Å². The lowest BCUT2D eigenvalue weighted by molar-refractivity contribution is -0.161. The van der Waals surface area contributed by atoms with Gasteiger partial charge in [0.05, 0.1) is 25.4 Å². The maximum Gasteiger partial charge on any atom is 0.472 e. The van der Waals surface area contributed by atoms with E-state index in [0.29, 0.717) is 12.8 Å². The molecule has 0 fully saturated rings. The predicted octanol–water partition coefficient (Wildman–Crippen LogP) is 9.89. The maximum atomic E-state index is 12.7. The number of carbonyl (C=O) groups is 3. The number of aliphatic hydroxyl groups is 2. The van der Waals surface area contributed by atoms with Crippen molar-refractivity contribution in [1.29, 1.82) is 0 Å². The molecule has 0 rings (SSSR count). The fourth-order valence-electron chi connectivity index (χ4n) is 5.79. The summed E-state index contributed by atoms with van der Waals surface area (Å²) < 4.78 is 32.5. The lowest BCUT2D eigenvalue weighted by atomic mass is 10.0. The Morgan fingerprint density at radius 1 is 0.600 bits per heavy atom. The molecule has 0 heterocycles. The van der Waals surface area contributed by atoms with Crippen molar-refractivity contribution in [3.05, 3.63) is 60.8 Å². The topological polar surface area (TPSA) is 212 Å². The molecule has 0 aromatic heterocycles. The van der Waals surface area contributed by atoms with E-state index >= 15 is 0 Å². The number of carboxylic acids is 1. The molecule has 0 bridgehead atoms. The molecular weight excluding hydrogens is 789 g/mol. The molecule has 0 aromatic carbocycles. The molecule has 0 aliphatic heterocycles. The van der Waals surface area contributed by atoms with Gasteiger partial charge in [0.2, 0.25) is 0 Å². The van der Waals surface area contributed by atoms with Crippen LogP contribution in [-0.2, 0) is 37.5 Å². The van der Waals surface area contributed by atoms with Crippen molar-refractivity contribution in [2.24, 2.45) is 5.73 Å². The highest BCUT2D eigenvalue weighted by molar-refractivity contribution is 7.47. The standard InChI is InChI=1S/C46H80NO12P/c1-3-5-7-9-11-13-15-17-18-19-20-21-23-25-27-29-31-35-45(51)59-40(38-57-60(54,55)58-39-41(47)46(52)53)37-56-44(50)36-32-34-43(49)42(48)33-30-28-26-24-22-16-14-12-10-8-6-4-2/h6,8,12,14,17-18,22,24,28,30,40-43,48-49H,3-5,7,9-11,13,15-16,19-21,23,25-27,29,31-39,47H2,1-2H3,(H,52,53)(H,54,55)/b8-6-,14-12-,18-17-,24-22-,30-28-/t40-,41+,42+,43+/m1/s1. The highest BCUT2D eigenvalue weighted by Crippen LogP contribution is 2.43. The van der Waals surface area contributed by atoms with E-state index in [1.165, 1.54) is 57.8 Å². The molecule has 13 nitrogen and oxygen atoms in total. The molecule has 1 unspecified atom stereocenters. The van der Waals surface area contributed by atoms with Gasteiger partial charge in [-0.1, -0.05) is 139 Å². The summed E-state index contributed by atoms with van der Waals surface area (Å²) in [5, 5.41) is 29.6. The number of esters is 2. The molecule has 0 saturated carbocycles. The molecular formula is C46H80NO12P. The number of phosphoric ester groups is 1. The summed E-state index contributed by atoms with van der Waals surface area (Å²) in [6, 6.07) is -1.57. The molecule has 0 aromatic rings. The zero-order valence-electron chi connectivity index (χ0n) is 36.8. The van der Waals surface area contributed by atoms with Crippen LogP contribution >= 0.6 is 7.82 Å². The van der Waals surface area contributed by atoms with Crippen LogP contribution in [-0.4, -0.2) is 82.3 Å². The van der Waals surface area contributed by atoms with E-state index in [2.05, 4.69) is 60.9 Å². The van der Waals surface area contributed by atoms with Crippen molar-refractivity contribution in [2.45, 2.75) is 192 Å². The summed E-state index contributed by atoms with van der Waals surface area (Å²) >= 11 is 0. The molecule has 6 N–H and O–H groups in total. The second kappa shape index (κ2) is 40.2. The van der Waals surface area contributed by atoms with E-state index in [0.717, 1.165) is 51.4 Å². The van der Waals surface area contributed by atoms with Gasteiger partial charge in [-0.25, -0.2) is 4.57 Å². The second-order valence-corrected chi connectivity index (χ2v) is 16.6. The summed E-state index contributed by atoms with van der Waals surface area (Å²) in [4.78, 5) is 46.1. The molecule has 0 amide bonds. The number of aliphatic hydroxyl groups excluding tert-OH is 2. The summed E-state index contributed by atoms with van der Waals surface area (Å²) in [5.41, 5.74) is 5.32. The number of ether oxygens (including phenoxy) is 2. The third-order valence-electron chi connectivity index (χ3n) is 9.45. The van der Waals surface area contributed by atoms with E-state index < -0.39 is 69.9 Å².